The third-order valence-electron chi connectivity index (χ3n) is 8.06. The van der Waals surface area contributed by atoms with E-state index in [1.165, 1.54) is 32.0 Å². The molecule has 4 rings (SSSR count). The molecule has 2 aromatic heterocycles. The van der Waals surface area contributed by atoms with E-state index >= 15 is 0 Å². The summed E-state index contributed by atoms with van der Waals surface area (Å²) in [6, 6.07) is 7.42. The van der Waals surface area contributed by atoms with Gasteiger partial charge in [-0.1, -0.05) is 18.2 Å². The zero-order valence-corrected chi connectivity index (χ0v) is 28.4. The predicted octanol–water partition coefficient (Wildman–Crippen LogP) is 1.08. The number of amides is 5. The highest BCUT2D eigenvalue weighted by Crippen LogP contribution is 2.22. The van der Waals surface area contributed by atoms with Crippen molar-refractivity contribution < 1.29 is 48.2 Å². The minimum atomic E-state index is -1.62. The van der Waals surface area contributed by atoms with Gasteiger partial charge in [0.05, 0.1) is 6.42 Å². The van der Waals surface area contributed by atoms with Crippen molar-refractivity contribution >= 4 is 69.0 Å². The van der Waals surface area contributed by atoms with Crippen LogP contribution in [0.15, 0.2) is 63.9 Å². The number of rotatable bonds is 16. The predicted molar refractivity (Wildman–Crippen MR) is 186 cm³/mol. The minimum Gasteiger partial charge on any atom is -0.481 e. The van der Waals surface area contributed by atoms with Crippen LogP contribution in [0.4, 0.5) is 5.69 Å². The molecule has 2 aromatic carbocycles. The van der Waals surface area contributed by atoms with Crippen LogP contribution in [0.1, 0.15) is 44.2 Å². The first-order valence-corrected chi connectivity index (χ1v) is 16.1. The monoisotopic (exact) mass is 718 g/mol. The molecular weight excluding hydrogens is 680 g/mol. The number of benzene rings is 2. The molecule has 4 aromatic rings. The smallest absolute Gasteiger partial charge is 0.336 e. The number of aryl methyl sites for hydroxylation is 1. The summed E-state index contributed by atoms with van der Waals surface area (Å²) in [5.41, 5.74) is 1.85. The Labute approximate surface area is 295 Å². The van der Waals surface area contributed by atoms with Crippen molar-refractivity contribution in [1.29, 1.82) is 0 Å². The summed E-state index contributed by atoms with van der Waals surface area (Å²) >= 11 is 0. The molecule has 0 fully saturated rings. The first-order valence-electron chi connectivity index (χ1n) is 16.1. The Hall–Kier alpha value is -6.52. The fourth-order valence-corrected chi connectivity index (χ4v) is 5.48. The van der Waals surface area contributed by atoms with E-state index in [-0.39, 0.29) is 24.1 Å². The van der Waals surface area contributed by atoms with Gasteiger partial charge in [0.1, 0.15) is 29.8 Å². The van der Waals surface area contributed by atoms with Crippen LogP contribution in [0.5, 0.6) is 0 Å². The molecule has 0 bridgehead atoms. The Kier molecular flexibility index (Phi) is 12.5. The summed E-state index contributed by atoms with van der Waals surface area (Å²) in [7, 11) is 0. The average molecular weight is 719 g/mol. The second-order valence-electron chi connectivity index (χ2n) is 12.1. The van der Waals surface area contributed by atoms with Crippen LogP contribution < -0.4 is 32.2 Å². The lowest BCUT2D eigenvalue weighted by Crippen LogP contribution is -2.57. The average Bonchev–Trinajstić information content (AvgIpc) is 3.47. The van der Waals surface area contributed by atoms with Crippen molar-refractivity contribution in [2.24, 2.45) is 0 Å². The number of aromatic amines is 1. The van der Waals surface area contributed by atoms with E-state index in [1.807, 2.05) is 18.2 Å². The van der Waals surface area contributed by atoms with E-state index in [0.29, 0.717) is 16.5 Å². The summed E-state index contributed by atoms with van der Waals surface area (Å²) < 4.78 is 5.18. The maximum absolute atomic E-state index is 13.4. The second kappa shape index (κ2) is 16.9. The molecule has 0 spiro atoms. The summed E-state index contributed by atoms with van der Waals surface area (Å²) in [6.07, 6.45) is -0.0388. The van der Waals surface area contributed by atoms with Gasteiger partial charge in [-0.25, -0.2) is 4.79 Å². The molecule has 0 aliphatic heterocycles. The quantitative estimate of drug-likeness (QED) is 0.0760. The van der Waals surface area contributed by atoms with E-state index < -0.39 is 84.1 Å². The van der Waals surface area contributed by atoms with Gasteiger partial charge in [-0.05, 0) is 49.6 Å². The van der Waals surface area contributed by atoms with Gasteiger partial charge in [-0.15, -0.1) is 0 Å². The van der Waals surface area contributed by atoms with Crippen LogP contribution in [0.25, 0.3) is 21.9 Å². The Balaban J connectivity index is 1.44. The molecule has 5 amide bonds. The molecule has 17 heteroatoms. The van der Waals surface area contributed by atoms with Gasteiger partial charge in [-0.2, -0.15) is 0 Å². The van der Waals surface area contributed by atoms with Crippen LogP contribution in [-0.4, -0.2) is 80.8 Å². The van der Waals surface area contributed by atoms with Crippen molar-refractivity contribution in [2.45, 2.75) is 70.6 Å². The fourth-order valence-electron chi connectivity index (χ4n) is 5.48. The third kappa shape index (κ3) is 10.3. The second-order valence-corrected chi connectivity index (χ2v) is 12.1. The molecule has 8 N–H and O–H groups in total. The number of hydrogen-bond donors (Lipinski definition) is 8. The molecule has 0 saturated heterocycles. The molecule has 4 unspecified atom stereocenters. The summed E-state index contributed by atoms with van der Waals surface area (Å²) in [5.74, 6) is -6.83. The number of nitrogens with one attached hydrogen (secondary N) is 6. The summed E-state index contributed by atoms with van der Waals surface area (Å²) in [5, 5.41) is 32.3. The highest BCUT2D eigenvalue weighted by molar-refractivity contribution is 6.01. The lowest BCUT2D eigenvalue weighted by atomic mass is 10.0. The van der Waals surface area contributed by atoms with E-state index in [1.54, 1.807) is 25.3 Å². The maximum atomic E-state index is 13.4. The standard InChI is InChI=1S/C35H38N6O11/c1-17-12-31(47)52-28-14-21(8-9-22(17)28)39-34(50)27(15-30(45)46)41-32(48)18(2)37-33(49)25(10-11-29(43)44)40-35(51)26(38-19(3)42)13-20-16-36-24-7-5-4-6-23(20)24/h4-9,12,14,16,18,25-27,36H,10-11,13,15H2,1-3H3,(H,37,49)(H,38,42)(H,39,50)(H,40,51)(H,41,48)(H,43,44)(H,45,46). The Morgan fingerprint density at radius 3 is 2.17 bits per heavy atom. The van der Waals surface area contributed by atoms with Crippen LogP contribution in [0.3, 0.4) is 0 Å². The number of aliphatic carboxylic acids is 2. The zero-order valence-electron chi connectivity index (χ0n) is 28.4. The van der Waals surface area contributed by atoms with Crippen molar-refractivity contribution in [3.63, 3.8) is 0 Å². The lowest BCUT2D eigenvalue weighted by Gasteiger charge is -2.25. The first-order chi connectivity index (χ1) is 24.6. The number of aromatic nitrogens is 1. The number of carbonyl (C=O) groups is 7. The number of anilines is 1. The van der Waals surface area contributed by atoms with Crippen LogP contribution in [-0.2, 0) is 40.0 Å². The number of carboxylic acids is 2. The zero-order chi connectivity index (χ0) is 38.1. The number of carboxylic acid groups (broad SMARTS) is 2. The van der Waals surface area contributed by atoms with E-state index in [9.17, 15) is 48.6 Å². The van der Waals surface area contributed by atoms with Crippen molar-refractivity contribution in [2.75, 3.05) is 5.32 Å². The summed E-state index contributed by atoms with van der Waals surface area (Å²) in [4.78, 5) is 103. The van der Waals surface area contributed by atoms with Crippen LogP contribution in [0, 0.1) is 6.92 Å². The minimum absolute atomic E-state index is 0.0296. The van der Waals surface area contributed by atoms with Crippen LogP contribution >= 0.6 is 0 Å². The molecular formula is C35H38N6O11. The van der Waals surface area contributed by atoms with Gasteiger partial charge >= 0.3 is 17.6 Å². The Morgan fingerprint density at radius 2 is 1.48 bits per heavy atom. The van der Waals surface area contributed by atoms with E-state index in [0.717, 1.165) is 10.9 Å². The topological polar surface area (TPSA) is 266 Å². The Morgan fingerprint density at radius 1 is 0.788 bits per heavy atom. The molecule has 52 heavy (non-hydrogen) atoms. The molecule has 0 saturated carbocycles. The molecule has 17 nitrogen and oxygen atoms in total. The first kappa shape index (κ1) is 38.3. The lowest BCUT2D eigenvalue weighted by molar-refractivity contribution is -0.140. The van der Waals surface area contributed by atoms with E-state index in [2.05, 4.69) is 31.6 Å². The van der Waals surface area contributed by atoms with Crippen LogP contribution in [0.2, 0.25) is 0 Å². The molecule has 0 aliphatic rings. The molecule has 0 radical (unpaired) electrons. The Bertz CT molecular complexity index is 2090. The maximum Gasteiger partial charge on any atom is 0.336 e. The number of para-hydroxylation sites is 1. The number of fused-ring (bicyclic) bond motifs is 2. The number of carbonyl (C=O) groups excluding carboxylic acids is 5. The van der Waals surface area contributed by atoms with Gasteiger partial charge in [0.25, 0.3) is 0 Å². The van der Waals surface area contributed by atoms with Gasteiger partial charge < -0.3 is 46.2 Å². The number of H-pyrrole nitrogens is 1. The van der Waals surface area contributed by atoms with Crippen molar-refractivity contribution in [1.82, 2.24) is 26.3 Å². The van der Waals surface area contributed by atoms with Gasteiger partial charge in [0, 0.05) is 60.1 Å². The molecule has 4 atom stereocenters. The van der Waals surface area contributed by atoms with Gasteiger partial charge in [-0.3, -0.25) is 33.6 Å². The molecule has 274 valence electrons. The highest BCUT2D eigenvalue weighted by atomic mass is 16.4. The van der Waals surface area contributed by atoms with Crippen molar-refractivity contribution in [3.8, 4) is 0 Å². The largest absolute Gasteiger partial charge is 0.481 e. The van der Waals surface area contributed by atoms with Gasteiger partial charge in [0.2, 0.25) is 29.5 Å². The molecule has 0 aliphatic carbocycles. The highest BCUT2D eigenvalue weighted by Gasteiger charge is 2.31. The molecule has 2 heterocycles. The van der Waals surface area contributed by atoms with Gasteiger partial charge in [0.15, 0.2) is 0 Å². The summed E-state index contributed by atoms with van der Waals surface area (Å²) in [6.45, 7) is 4.15. The third-order valence-corrected chi connectivity index (χ3v) is 8.06. The number of hydrogen-bond acceptors (Lipinski definition) is 9. The van der Waals surface area contributed by atoms with Crippen molar-refractivity contribution in [3.05, 3.63) is 76.3 Å². The fraction of sp³-hybridized carbons (Fsp3) is 0.314. The van der Waals surface area contributed by atoms with E-state index in [4.69, 9.17) is 4.42 Å². The normalized spacial score (nSPS) is 13.3. The SMILES string of the molecule is CC(=O)NC(Cc1c[nH]c2ccccc12)C(=O)NC(CCC(=O)O)C(=O)NC(C)C(=O)NC(CC(=O)O)C(=O)Nc1ccc2c(C)cc(=O)oc2c1.